The van der Waals surface area contributed by atoms with Crippen LogP contribution in [0.3, 0.4) is 0 Å². The highest BCUT2D eigenvalue weighted by molar-refractivity contribution is 9.10. The van der Waals surface area contributed by atoms with E-state index in [0.29, 0.717) is 35.2 Å². The Bertz CT molecular complexity index is 594. The normalized spacial score (nSPS) is 27.5. The lowest BCUT2D eigenvalue weighted by molar-refractivity contribution is 0.0163. The second-order valence-corrected chi connectivity index (χ2v) is 8.44. The third-order valence-corrected chi connectivity index (χ3v) is 6.34. The van der Waals surface area contributed by atoms with Crippen LogP contribution < -0.4 is 4.72 Å². The van der Waals surface area contributed by atoms with E-state index in [4.69, 9.17) is 11.6 Å². The zero-order chi connectivity index (χ0) is 15.0. The Kier molecular flexibility index (Phi) is 4.81. The third kappa shape index (κ3) is 3.95. The van der Waals surface area contributed by atoms with E-state index in [1.807, 2.05) is 0 Å². The first kappa shape index (κ1) is 16.2. The Labute approximate surface area is 132 Å². The molecule has 0 amide bonds. The molecule has 0 heterocycles. The molecule has 0 aromatic heterocycles. The van der Waals surface area contributed by atoms with Crippen molar-refractivity contribution in [3.05, 3.63) is 27.7 Å². The van der Waals surface area contributed by atoms with Gasteiger partial charge in [0.25, 0.3) is 0 Å². The van der Waals surface area contributed by atoms with Crippen LogP contribution in [-0.2, 0) is 10.0 Å². The van der Waals surface area contributed by atoms with Crippen LogP contribution in [0.4, 0.5) is 0 Å². The Hall–Kier alpha value is -0.140. The number of aliphatic hydroxyl groups is 1. The smallest absolute Gasteiger partial charge is 0.240 e. The molecule has 112 valence electrons. The van der Waals surface area contributed by atoms with Gasteiger partial charge >= 0.3 is 0 Å². The van der Waals surface area contributed by atoms with Crippen LogP contribution in [0, 0.1) is 0 Å². The molecular formula is C13H17BrClNO3S. The number of hydrogen-bond acceptors (Lipinski definition) is 3. The number of benzene rings is 1. The highest BCUT2D eigenvalue weighted by atomic mass is 79.9. The Morgan fingerprint density at radius 3 is 2.55 bits per heavy atom. The van der Waals surface area contributed by atoms with Gasteiger partial charge in [0.2, 0.25) is 10.0 Å². The molecule has 1 aromatic carbocycles. The monoisotopic (exact) mass is 381 g/mol. The summed E-state index contributed by atoms with van der Waals surface area (Å²) in [4.78, 5) is 0.156. The molecule has 1 aromatic rings. The van der Waals surface area contributed by atoms with Gasteiger partial charge in [-0.1, -0.05) is 11.6 Å². The molecule has 1 aliphatic rings. The minimum Gasteiger partial charge on any atom is -0.390 e. The van der Waals surface area contributed by atoms with Gasteiger partial charge in [-0.2, -0.15) is 0 Å². The lowest BCUT2D eigenvalue weighted by Gasteiger charge is -2.33. The van der Waals surface area contributed by atoms with E-state index in [2.05, 4.69) is 20.7 Å². The zero-order valence-electron chi connectivity index (χ0n) is 11.1. The van der Waals surface area contributed by atoms with E-state index in [0.717, 1.165) is 0 Å². The first-order valence-corrected chi connectivity index (χ1v) is 9.05. The van der Waals surface area contributed by atoms with E-state index in [1.54, 1.807) is 13.0 Å². The number of hydrogen-bond donors (Lipinski definition) is 2. The number of rotatable bonds is 3. The van der Waals surface area contributed by atoms with Crippen molar-refractivity contribution in [2.24, 2.45) is 0 Å². The maximum atomic E-state index is 12.3. The summed E-state index contributed by atoms with van der Waals surface area (Å²) in [6, 6.07) is 4.41. The van der Waals surface area contributed by atoms with Crippen LogP contribution in [-0.4, -0.2) is 25.2 Å². The van der Waals surface area contributed by atoms with Crippen molar-refractivity contribution in [3.8, 4) is 0 Å². The predicted octanol–water partition coefficient (Wildman–Crippen LogP) is 3.07. The molecule has 7 heteroatoms. The van der Waals surface area contributed by atoms with Gasteiger partial charge < -0.3 is 5.11 Å². The second-order valence-electron chi connectivity index (χ2n) is 5.47. The van der Waals surface area contributed by atoms with Crippen LogP contribution in [0.15, 0.2) is 27.6 Å². The van der Waals surface area contributed by atoms with Crippen LogP contribution in [0.25, 0.3) is 0 Å². The lowest BCUT2D eigenvalue weighted by atomic mass is 9.84. The van der Waals surface area contributed by atoms with Crippen LogP contribution in [0.5, 0.6) is 0 Å². The topological polar surface area (TPSA) is 66.4 Å². The summed E-state index contributed by atoms with van der Waals surface area (Å²) in [5.41, 5.74) is -0.678. The lowest BCUT2D eigenvalue weighted by Crippen LogP contribution is -2.42. The molecule has 0 aliphatic heterocycles. The molecule has 0 radical (unpaired) electrons. The zero-order valence-corrected chi connectivity index (χ0v) is 14.2. The van der Waals surface area contributed by atoms with Crippen molar-refractivity contribution in [1.29, 1.82) is 0 Å². The molecule has 0 atom stereocenters. The fraction of sp³-hybridized carbons (Fsp3) is 0.538. The van der Waals surface area contributed by atoms with E-state index in [9.17, 15) is 13.5 Å². The highest BCUT2D eigenvalue weighted by Gasteiger charge is 2.31. The van der Waals surface area contributed by atoms with Gasteiger partial charge in [-0.25, -0.2) is 13.1 Å². The molecule has 1 saturated carbocycles. The molecular weight excluding hydrogens is 366 g/mol. The minimum atomic E-state index is -3.57. The van der Waals surface area contributed by atoms with Crippen LogP contribution >= 0.6 is 27.5 Å². The molecule has 4 nitrogen and oxygen atoms in total. The van der Waals surface area contributed by atoms with E-state index in [1.165, 1.54) is 12.1 Å². The average molecular weight is 383 g/mol. The fourth-order valence-electron chi connectivity index (χ4n) is 2.29. The van der Waals surface area contributed by atoms with Gasteiger partial charge in [0.15, 0.2) is 0 Å². The molecule has 1 aliphatic carbocycles. The minimum absolute atomic E-state index is 0.136. The van der Waals surface area contributed by atoms with Gasteiger partial charge in [0.1, 0.15) is 0 Å². The first-order chi connectivity index (χ1) is 9.20. The maximum absolute atomic E-state index is 12.3. The molecule has 2 N–H and O–H groups in total. The summed E-state index contributed by atoms with van der Waals surface area (Å²) in [6.07, 6.45) is 2.47. The Morgan fingerprint density at radius 2 is 2.00 bits per heavy atom. The SMILES string of the molecule is C[C@]1(O)CC[C@@H](NS(=O)(=O)c2ccc(Br)c(Cl)c2)CC1. The van der Waals surface area contributed by atoms with E-state index in [-0.39, 0.29) is 10.9 Å². The van der Waals surface area contributed by atoms with Crippen LogP contribution in [0.2, 0.25) is 5.02 Å². The van der Waals surface area contributed by atoms with Gasteiger partial charge in [0, 0.05) is 10.5 Å². The van der Waals surface area contributed by atoms with Crippen molar-refractivity contribution in [3.63, 3.8) is 0 Å². The highest BCUT2D eigenvalue weighted by Crippen LogP contribution is 2.29. The maximum Gasteiger partial charge on any atom is 0.240 e. The summed E-state index contributed by atoms with van der Waals surface area (Å²) in [5, 5.41) is 10.2. The second kappa shape index (κ2) is 5.93. The van der Waals surface area contributed by atoms with Crippen molar-refractivity contribution in [2.45, 2.75) is 49.1 Å². The summed E-state index contributed by atoms with van der Waals surface area (Å²) in [7, 11) is -3.57. The van der Waals surface area contributed by atoms with Gasteiger partial charge in [0.05, 0.1) is 15.5 Å². The quantitative estimate of drug-likeness (QED) is 0.844. The summed E-state index contributed by atoms with van der Waals surface area (Å²) in [5.74, 6) is 0. The molecule has 20 heavy (non-hydrogen) atoms. The molecule has 1 fully saturated rings. The van der Waals surface area contributed by atoms with E-state index >= 15 is 0 Å². The summed E-state index contributed by atoms with van der Waals surface area (Å²) >= 11 is 9.16. The summed E-state index contributed by atoms with van der Waals surface area (Å²) < 4.78 is 27.9. The van der Waals surface area contributed by atoms with Crippen molar-refractivity contribution in [1.82, 2.24) is 4.72 Å². The molecule has 2 rings (SSSR count). The molecule has 0 saturated heterocycles. The number of halogens is 2. The van der Waals surface area contributed by atoms with Gasteiger partial charge in [-0.05, 0) is 66.7 Å². The summed E-state index contributed by atoms with van der Waals surface area (Å²) in [6.45, 7) is 1.78. The van der Waals surface area contributed by atoms with E-state index < -0.39 is 15.6 Å². The van der Waals surface area contributed by atoms with Gasteiger partial charge in [-0.15, -0.1) is 0 Å². The van der Waals surface area contributed by atoms with Crippen molar-refractivity contribution < 1.29 is 13.5 Å². The molecule has 0 unspecified atom stereocenters. The largest absolute Gasteiger partial charge is 0.390 e. The standard InChI is InChI=1S/C13H17BrClNO3S/c1-13(17)6-4-9(5-7-13)16-20(18,19)10-2-3-11(14)12(15)8-10/h2-3,8-9,16-17H,4-7H2,1H3/t9-,13+. The molecule has 0 spiro atoms. The number of nitrogens with one attached hydrogen (secondary N) is 1. The third-order valence-electron chi connectivity index (χ3n) is 3.59. The van der Waals surface area contributed by atoms with Gasteiger partial charge in [-0.3, -0.25) is 0 Å². The number of sulfonamides is 1. The van der Waals surface area contributed by atoms with Crippen molar-refractivity contribution >= 4 is 37.6 Å². The Morgan fingerprint density at radius 1 is 1.40 bits per heavy atom. The first-order valence-electron chi connectivity index (χ1n) is 6.39. The average Bonchev–Trinajstić information content (AvgIpc) is 2.35. The van der Waals surface area contributed by atoms with Crippen LogP contribution in [0.1, 0.15) is 32.6 Å². The fourth-order valence-corrected chi connectivity index (χ4v) is 4.11. The Balaban J connectivity index is 2.10. The predicted molar refractivity (Wildman–Crippen MR) is 82.4 cm³/mol. The van der Waals surface area contributed by atoms with Crippen molar-refractivity contribution in [2.75, 3.05) is 0 Å². The molecule has 0 bridgehead atoms.